The third-order valence-electron chi connectivity index (χ3n) is 3.38. The van der Waals surface area contributed by atoms with Crippen LogP contribution in [0.4, 0.5) is 10.1 Å². The first-order valence-electron chi connectivity index (χ1n) is 6.57. The summed E-state index contributed by atoms with van der Waals surface area (Å²) in [4.78, 5) is 6.25. The van der Waals surface area contributed by atoms with Gasteiger partial charge in [-0.05, 0) is 31.9 Å². The number of guanidine groups is 1. The van der Waals surface area contributed by atoms with Gasteiger partial charge in [-0.25, -0.2) is 9.38 Å². The number of aliphatic imine (C=N–C) groups is 1. The minimum absolute atomic E-state index is 0.260. The molecule has 98 valence electrons. The molecular weight excluding hydrogens is 229 g/mol. The molecule has 18 heavy (non-hydrogen) atoms. The Morgan fingerprint density at radius 1 is 1.39 bits per heavy atom. The lowest BCUT2D eigenvalue weighted by Crippen LogP contribution is -2.38. The molecule has 0 radical (unpaired) electrons. The van der Waals surface area contributed by atoms with Crippen molar-refractivity contribution >= 4 is 11.6 Å². The number of anilines is 1. The van der Waals surface area contributed by atoms with Crippen molar-refractivity contribution in [2.24, 2.45) is 10.7 Å². The third-order valence-corrected chi connectivity index (χ3v) is 3.38. The Labute approximate surface area is 108 Å². The molecule has 2 N–H and O–H groups in total. The summed E-state index contributed by atoms with van der Waals surface area (Å²) in [5, 5.41) is 0. The van der Waals surface area contributed by atoms with Gasteiger partial charge in [-0.3, -0.25) is 0 Å². The fourth-order valence-electron chi connectivity index (χ4n) is 2.42. The van der Waals surface area contributed by atoms with E-state index in [9.17, 15) is 4.39 Å². The van der Waals surface area contributed by atoms with Crippen molar-refractivity contribution in [3.8, 4) is 0 Å². The quantitative estimate of drug-likeness (QED) is 0.661. The molecule has 0 saturated heterocycles. The first kappa shape index (κ1) is 12.9. The maximum absolute atomic E-state index is 13.7. The van der Waals surface area contributed by atoms with E-state index in [4.69, 9.17) is 5.73 Å². The average molecular weight is 249 g/mol. The highest BCUT2D eigenvalue weighted by Gasteiger charge is 2.17. The molecule has 3 nitrogen and oxygen atoms in total. The Balaban J connectivity index is 2.20. The van der Waals surface area contributed by atoms with E-state index in [-0.39, 0.29) is 5.82 Å². The Kier molecular flexibility index (Phi) is 4.18. The summed E-state index contributed by atoms with van der Waals surface area (Å²) in [6, 6.07) is 6.98. The van der Waals surface area contributed by atoms with Crippen LogP contribution in [0.15, 0.2) is 29.3 Å². The molecule has 0 spiro atoms. The van der Waals surface area contributed by atoms with Gasteiger partial charge in [0.2, 0.25) is 0 Å². The first-order chi connectivity index (χ1) is 8.72. The molecule has 1 saturated carbocycles. The predicted molar refractivity (Wildman–Crippen MR) is 73.3 cm³/mol. The van der Waals surface area contributed by atoms with Crippen molar-refractivity contribution in [2.45, 2.75) is 38.6 Å². The molecule has 0 atom stereocenters. The monoisotopic (exact) mass is 249 g/mol. The van der Waals surface area contributed by atoms with Crippen LogP contribution in [0.25, 0.3) is 0 Å². The second-order valence-corrected chi connectivity index (χ2v) is 4.62. The van der Waals surface area contributed by atoms with E-state index in [1.54, 1.807) is 17.0 Å². The molecular formula is C14H20FN3. The minimum atomic E-state index is -0.260. The van der Waals surface area contributed by atoms with Crippen LogP contribution in [0, 0.1) is 5.82 Å². The number of nitrogens with two attached hydrogens (primary N) is 1. The summed E-state index contributed by atoms with van der Waals surface area (Å²) < 4.78 is 13.7. The van der Waals surface area contributed by atoms with Gasteiger partial charge in [-0.2, -0.15) is 0 Å². The number of hydrogen-bond acceptors (Lipinski definition) is 1. The highest BCUT2D eigenvalue weighted by atomic mass is 19.1. The van der Waals surface area contributed by atoms with Crippen LogP contribution in [0.5, 0.6) is 0 Å². The standard InChI is InChI=1S/C14H20FN3/c1-2-18(13-10-6-5-9-12(13)15)14(16)17-11-7-3-4-8-11/h5-6,9-11H,2-4,7-8H2,1H3,(H2,16,17). The molecule has 0 aromatic heterocycles. The normalized spacial score (nSPS) is 17.1. The van der Waals surface area contributed by atoms with E-state index < -0.39 is 0 Å². The summed E-state index contributed by atoms with van der Waals surface area (Å²) in [6.07, 6.45) is 4.62. The number of halogens is 1. The van der Waals surface area contributed by atoms with E-state index in [1.165, 1.54) is 18.9 Å². The first-order valence-corrected chi connectivity index (χ1v) is 6.57. The summed E-state index contributed by atoms with van der Waals surface area (Å²) in [5.41, 5.74) is 6.52. The molecule has 0 heterocycles. The van der Waals surface area contributed by atoms with E-state index in [1.807, 2.05) is 13.0 Å². The van der Waals surface area contributed by atoms with Crippen LogP contribution in [0.3, 0.4) is 0 Å². The summed E-state index contributed by atoms with van der Waals surface area (Å²) >= 11 is 0. The van der Waals surface area contributed by atoms with Crippen molar-refractivity contribution in [3.63, 3.8) is 0 Å². The van der Waals surface area contributed by atoms with Gasteiger partial charge in [0, 0.05) is 6.54 Å². The number of rotatable bonds is 3. The molecule has 0 amide bonds. The van der Waals surface area contributed by atoms with Crippen LogP contribution in [0.2, 0.25) is 0 Å². The van der Waals surface area contributed by atoms with Crippen LogP contribution in [-0.4, -0.2) is 18.5 Å². The van der Waals surface area contributed by atoms with Crippen LogP contribution in [-0.2, 0) is 0 Å². The van der Waals surface area contributed by atoms with Crippen molar-refractivity contribution in [3.05, 3.63) is 30.1 Å². The number of hydrogen-bond donors (Lipinski definition) is 1. The Morgan fingerprint density at radius 2 is 2.06 bits per heavy atom. The molecule has 1 aliphatic rings. The zero-order valence-electron chi connectivity index (χ0n) is 10.8. The molecule has 0 aliphatic heterocycles. The lowest BCUT2D eigenvalue weighted by atomic mass is 10.2. The Hall–Kier alpha value is -1.58. The van der Waals surface area contributed by atoms with Crippen LogP contribution in [0.1, 0.15) is 32.6 Å². The van der Waals surface area contributed by atoms with Gasteiger partial charge in [0.1, 0.15) is 5.82 Å². The van der Waals surface area contributed by atoms with Crippen LogP contribution < -0.4 is 10.6 Å². The maximum Gasteiger partial charge on any atom is 0.196 e. The van der Waals surface area contributed by atoms with E-state index in [0.29, 0.717) is 24.2 Å². The van der Waals surface area contributed by atoms with Gasteiger partial charge in [0.15, 0.2) is 5.96 Å². The summed E-state index contributed by atoms with van der Waals surface area (Å²) in [6.45, 7) is 2.56. The van der Waals surface area contributed by atoms with Crippen molar-refractivity contribution in [1.29, 1.82) is 0 Å². The minimum Gasteiger partial charge on any atom is -0.370 e. The lowest BCUT2D eigenvalue weighted by Gasteiger charge is -2.23. The third kappa shape index (κ3) is 2.81. The average Bonchev–Trinajstić information content (AvgIpc) is 2.85. The lowest BCUT2D eigenvalue weighted by molar-refractivity contribution is 0.625. The van der Waals surface area contributed by atoms with Crippen LogP contribution >= 0.6 is 0 Å². The molecule has 1 aromatic rings. The van der Waals surface area contributed by atoms with Gasteiger partial charge in [0.05, 0.1) is 11.7 Å². The zero-order valence-corrected chi connectivity index (χ0v) is 10.8. The fourth-order valence-corrected chi connectivity index (χ4v) is 2.42. The number of para-hydroxylation sites is 1. The predicted octanol–water partition coefficient (Wildman–Crippen LogP) is 2.91. The molecule has 4 heteroatoms. The van der Waals surface area contributed by atoms with E-state index >= 15 is 0 Å². The number of benzene rings is 1. The fraction of sp³-hybridized carbons (Fsp3) is 0.500. The van der Waals surface area contributed by atoms with E-state index in [0.717, 1.165) is 12.8 Å². The van der Waals surface area contributed by atoms with Gasteiger partial charge in [-0.1, -0.05) is 25.0 Å². The molecule has 1 fully saturated rings. The highest BCUT2D eigenvalue weighted by molar-refractivity contribution is 5.95. The smallest absolute Gasteiger partial charge is 0.196 e. The summed E-state index contributed by atoms with van der Waals surface area (Å²) in [5.74, 6) is 0.165. The highest BCUT2D eigenvalue weighted by Crippen LogP contribution is 2.22. The maximum atomic E-state index is 13.7. The Morgan fingerprint density at radius 3 is 2.67 bits per heavy atom. The second-order valence-electron chi connectivity index (χ2n) is 4.62. The van der Waals surface area contributed by atoms with Gasteiger partial charge in [0.25, 0.3) is 0 Å². The zero-order chi connectivity index (χ0) is 13.0. The summed E-state index contributed by atoms with van der Waals surface area (Å²) in [7, 11) is 0. The molecule has 1 aliphatic carbocycles. The van der Waals surface area contributed by atoms with Gasteiger partial charge < -0.3 is 10.6 Å². The molecule has 0 bridgehead atoms. The van der Waals surface area contributed by atoms with Crippen molar-refractivity contribution in [2.75, 3.05) is 11.4 Å². The van der Waals surface area contributed by atoms with Crippen molar-refractivity contribution in [1.82, 2.24) is 0 Å². The topological polar surface area (TPSA) is 41.6 Å². The molecule has 1 aromatic carbocycles. The second kappa shape index (κ2) is 5.85. The van der Waals surface area contributed by atoms with Crippen molar-refractivity contribution < 1.29 is 4.39 Å². The molecule has 0 unspecified atom stereocenters. The van der Waals surface area contributed by atoms with E-state index in [2.05, 4.69) is 4.99 Å². The van der Waals surface area contributed by atoms with Gasteiger partial charge >= 0.3 is 0 Å². The molecule has 2 rings (SSSR count). The number of nitrogens with zero attached hydrogens (tertiary/aromatic N) is 2. The Bertz CT molecular complexity index is 425. The van der Waals surface area contributed by atoms with Gasteiger partial charge in [-0.15, -0.1) is 0 Å². The largest absolute Gasteiger partial charge is 0.370 e. The SMILES string of the molecule is CCN(C(N)=NC1CCCC1)c1ccccc1F.